The third kappa shape index (κ3) is 3.32. The van der Waals surface area contributed by atoms with Gasteiger partial charge >= 0.3 is 0 Å². The zero-order valence-corrected chi connectivity index (χ0v) is 15.7. The van der Waals surface area contributed by atoms with E-state index in [-0.39, 0.29) is 6.61 Å². The van der Waals surface area contributed by atoms with Gasteiger partial charge in [-0.3, -0.25) is 0 Å². The van der Waals surface area contributed by atoms with Gasteiger partial charge in [0.1, 0.15) is 0 Å². The predicted octanol–water partition coefficient (Wildman–Crippen LogP) is 4.90. The maximum absolute atomic E-state index is 9.21. The van der Waals surface area contributed by atoms with Gasteiger partial charge < -0.3 is 14.2 Å². The van der Waals surface area contributed by atoms with E-state index in [9.17, 15) is 5.11 Å². The first-order valence-corrected chi connectivity index (χ1v) is 9.48. The molecule has 5 heteroatoms. The minimum absolute atomic E-state index is 0.0126. The first-order chi connectivity index (χ1) is 14.3. The number of fused-ring (bicyclic) bond motifs is 1. The number of benzene rings is 3. The fourth-order valence-corrected chi connectivity index (χ4v) is 3.54. The summed E-state index contributed by atoms with van der Waals surface area (Å²) in [5.74, 6) is 1.03. The van der Waals surface area contributed by atoms with Crippen LogP contribution in [0.5, 0.6) is 0 Å². The summed E-state index contributed by atoms with van der Waals surface area (Å²) in [6, 6.07) is 26.1. The molecule has 5 rings (SSSR count). The Labute approximate surface area is 167 Å². The average Bonchev–Trinajstić information content (AvgIpc) is 3.40. The molecule has 3 aromatic carbocycles. The van der Waals surface area contributed by atoms with E-state index in [1.54, 1.807) is 0 Å². The van der Waals surface area contributed by atoms with Gasteiger partial charge in [-0.1, -0.05) is 78.0 Å². The molecule has 5 nitrogen and oxygen atoms in total. The van der Waals surface area contributed by atoms with Gasteiger partial charge in [0.25, 0.3) is 5.89 Å². The van der Waals surface area contributed by atoms with E-state index in [0.717, 1.165) is 34.1 Å². The summed E-state index contributed by atoms with van der Waals surface area (Å²) in [5, 5.41) is 14.4. The second kappa shape index (κ2) is 7.37. The SMILES string of the molecule is OCc1ccc(-c2noc(-c3cn(Cc4ccccc4)c4ccccc34)n2)cc1. The van der Waals surface area contributed by atoms with E-state index in [1.807, 2.05) is 54.6 Å². The Kier molecular flexibility index (Phi) is 4.42. The smallest absolute Gasteiger partial charge is 0.260 e. The number of rotatable bonds is 5. The zero-order chi connectivity index (χ0) is 19.6. The Morgan fingerprint density at radius 3 is 2.38 bits per heavy atom. The molecule has 29 heavy (non-hydrogen) atoms. The molecule has 0 spiro atoms. The maximum atomic E-state index is 9.21. The number of aromatic nitrogens is 3. The van der Waals surface area contributed by atoms with Crippen molar-refractivity contribution in [1.82, 2.24) is 14.7 Å². The normalized spacial score (nSPS) is 11.2. The molecule has 2 aromatic heterocycles. The van der Waals surface area contributed by atoms with Crippen molar-refractivity contribution in [3.8, 4) is 22.8 Å². The van der Waals surface area contributed by atoms with Crippen LogP contribution in [0.25, 0.3) is 33.7 Å². The summed E-state index contributed by atoms with van der Waals surface area (Å²) in [5.41, 5.74) is 4.97. The maximum Gasteiger partial charge on any atom is 0.260 e. The first-order valence-electron chi connectivity index (χ1n) is 9.48. The lowest BCUT2D eigenvalue weighted by Crippen LogP contribution is -1.97. The molecule has 0 atom stereocenters. The van der Waals surface area contributed by atoms with Crippen LogP contribution in [0.15, 0.2) is 89.6 Å². The predicted molar refractivity (Wildman–Crippen MR) is 112 cm³/mol. The third-order valence-corrected chi connectivity index (χ3v) is 5.04. The van der Waals surface area contributed by atoms with Crippen molar-refractivity contribution in [3.63, 3.8) is 0 Å². The van der Waals surface area contributed by atoms with Crippen LogP contribution in [0.2, 0.25) is 0 Å². The number of hydrogen-bond acceptors (Lipinski definition) is 4. The second-order valence-electron chi connectivity index (χ2n) is 6.95. The fourth-order valence-electron chi connectivity index (χ4n) is 3.54. The van der Waals surface area contributed by atoms with Gasteiger partial charge in [0.2, 0.25) is 5.82 Å². The van der Waals surface area contributed by atoms with Crippen LogP contribution < -0.4 is 0 Å². The number of aliphatic hydroxyl groups excluding tert-OH is 1. The summed E-state index contributed by atoms with van der Waals surface area (Å²) in [4.78, 5) is 4.62. The molecule has 0 aliphatic carbocycles. The third-order valence-electron chi connectivity index (χ3n) is 5.04. The number of hydrogen-bond donors (Lipinski definition) is 1. The van der Waals surface area contributed by atoms with Crippen molar-refractivity contribution in [2.45, 2.75) is 13.2 Å². The summed E-state index contributed by atoms with van der Waals surface area (Å²) in [6.07, 6.45) is 2.07. The van der Waals surface area contributed by atoms with Crippen molar-refractivity contribution in [3.05, 3.63) is 96.2 Å². The number of aliphatic hydroxyl groups is 1. The van der Waals surface area contributed by atoms with Gasteiger partial charge in [-0.05, 0) is 17.2 Å². The molecule has 0 aliphatic rings. The van der Waals surface area contributed by atoms with Gasteiger partial charge in [-0.25, -0.2) is 0 Å². The highest BCUT2D eigenvalue weighted by molar-refractivity contribution is 5.94. The van der Waals surface area contributed by atoms with Crippen LogP contribution >= 0.6 is 0 Å². The largest absolute Gasteiger partial charge is 0.392 e. The van der Waals surface area contributed by atoms with E-state index in [1.165, 1.54) is 5.56 Å². The van der Waals surface area contributed by atoms with Crippen molar-refractivity contribution in [2.24, 2.45) is 0 Å². The lowest BCUT2D eigenvalue weighted by atomic mass is 10.1. The Balaban J connectivity index is 1.54. The molecule has 2 heterocycles. The quantitative estimate of drug-likeness (QED) is 0.470. The Hall–Kier alpha value is -3.70. The van der Waals surface area contributed by atoms with Gasteiger partial charge in [0.05, 0.1) is 12.2 Å². The highest BCUT2D eigenvalue weighted by Gasteiger charge is 2.17. The summed E-state index contributed by atoms with van der Waals surface area (Å²) in [7, 11) is 0. The van der Waals surface area contributed by atoms with E-state index in [2.05, 4.69) is 45.2 Å². The van der Waals surface area contributed by atoms with Crippen molar-refractivity contribution < 1.29 is 9.63 Å². The molecule has 5 aromatic rings. The topological polar surface area (TPSA) is 64.1 Å². The van der Waals surface area contributed by atoms with E-state index in [4.69, 9.17) is 4.52 Å². The molecule has 0 radical (unpaired) electrons. The van der Waals surface area contributed by atoms with Crippen molar-refractivity contribution in [1.29, 1.82) is 0 Å². The summed E-state index contributed by atoms with van der Waals surface area (Å²) in [6.45, 7) is 0.781. The van der Waals surface area contributed by atoms with Gasteiger partial charge in [0.15, 0.2) is 0 Å². The van der Waals surface area contributed by atoms with Crippen molar-refractivity contribution in [2.75, 3.05) is 0 Å². The summed E-state index contributed by atoms with van der Waals surface area (Å²) >= 11 is 0. The van der Waals surface area contributed by atoms with Crippen LogP contribution in [0.4, 0.5) is 0 Å². The van der Waals surface area contributed by atoms with Gasteiger partial charge in [-0.15, -0.1) is 0 Å². The molecule has 0 fully saturated rings. The molecule has 0 bridgehead atoms. The molecule has 0 aliphatic heterocycles. The molecular formula is C24H19N3O2. The minimum atomic E-state index is 0.0126. The fraction of sp³-hybridized carbons (Fsp3) is 0.0833. The molecular weight excluding hydrogens is 362 g/mol. The second-order valence-corrected chi connectivity index (χ2v) is 6.95. The molecule has 0 saturated carbocycles. The average molecular weight is 381 g/mol. The standard InChI is InChI=1S/C24H19N3O2/c28-16-18-10-12-19(13-11-18)23-25-24(29-26-23)21-15-27(14-17-6-2-1-3-7-17)22-9-5-4-8-20(21)22/h1-13,15,28H,14,16H2. The molecule has 1 N–H and O–H groups in total. The van der Waals surface area contributed by atoms with Gasteiger partial charge in [-0.2, -0.15) is 4.98 Å². The summed E-state index contributed by atoms with van der Waals surface area (Å²) < 4.78 is 7.82. The van der Waals surface area contributed by atoms with Gasteiger partial charge in [0, 0.05) is 29.2 Å². The monoisotopic (exact) mass is 381 g/mol. The zero-order valence-electron chi connectivity index (χ0n) is 15.7. The van der Waals surface area contributed by atoms with Crippen molar-refractivity contribution >= 4 is 10.9 Å². The van der Waals surface area contributed by atoms with E-state index >= 15 is 0 Å². The minimum Gasteiger partial charge on any atom is -0.392 e. The Bertz CT molecular complexity index is 1250. The first kappa shape index (κ1) is 17.4. The molecule has 0 unspecified atom stereocenters. The van der Waals surface area contributed by atoms with E-state index in [0.29, 0.717) is 11.7 Å². The number of para-hydroxylation sites is 1. The highest BCUT2D eigenvalue weighted by atomic mass is 16.5. The lowest BCUT2D eigenvalue weighted by Gasteiger charge is -2.05. The molecule has 0 saturated heterocycles. The lowest BCUT2D eigenvalue weighted by molar-refractivity contribution is 0.282. The molecule has 0 amide bonds. The van der Waals surface area contributed by atoms with Crippen LogP contribution in [-0.4, -0.2) is 19.8 Å². The Morgan fingerprint density at radius 1 is 0.828 bits per heavy atom. The van der Waals surface area contributed by atoms with Crippen LogP contribution in [0, 0.1) is 0 Å². The van der Waals surface area contributed by atoms with Crippen LogP contribution in [0.3, 0.4) is 0 Å². The van der Waals surface area contributed by atoms with Crippen LogP contribution in [0.1, 0.15) is 11.1 Å². The highest BCUT2D eigenvalue weighted by Crippen LogP contribution is 2.31. The number of nitrogens with zero attached hydrogens (tertiary/aromatic N) is 3. The molecule has 142 valence electrons. The Morgan fingerprint density at radius 2 is 1.59 bits per heavy atom. The van der Waals surface area contributed by atoms with E-state index < -0.39 is 0 Å². The van der Waals surface area contributed by atoms with Crippen LogP contribution in [-0.2, 0) is 13.2 Å².